The molecule has 1 N–H and O–H groups in total. The molecule has 1 aromatic heterocycles. The van der Waals surface area contributed by atoms with Crippen LogP contribution in [0, 0.1) is 0 Å². The van der Waals surface area contributed by atoms with Crippen molar-refractivity contribution in [2.75, 3.05) is 7.11 Å². The van der Waals surface area contributed by atoms with Gasteiger partial charge in [-0.25, -0.2) is 4.79 Å². The van der Waals surface area contributed by atoms with Gasteiger partial charge in [0.2, 0.25) is 0 Å². The lowest BCUT2D eigenvalue weighted by atomic mass is 10.2. The molecule has 0 amide bonds. The molecule has 0 bridgehead atoms. The second-order valence-corrected chi connectivity index (χ2v) is 4.70. The highest BCUT2D eigenvalue weighted by Gasteiger charge is 2.16. The van der Waals surface area contributed by atoms with E-state index in [1.807, 2.05) is 0 Å². The summed E-state index contributed by atoms with van der Waals surface area (Å²) in [7, 11) is 1.52. The molecule has 0 unspecified atom stereocenters. The molecular weight excluding hydrogens is 360 g/mol. The van der Waals surface area contributed by atoms with Crippen molar-refractivity contribution < 1.29 is 23.8 Å². The molecule has 90 valence electrons. The molecule has 0 atom stereocenters. The quantitative estimate of drug-likeness (QED) is 0.814. The Balaban J connectivity index is 2.61. The number of carbonyl (C=O) groups is 1. The van der Waals surface area contributed by atoms with Crippen molar-refractivity contribution in [1.82, 2.24) is 0 Å². The standard InChI is InChI=1S/C10H6Br2O5/c1-15-9-5(11)2-4-3-6(17-10(13)14)16-8(4)7(9)12/h2-3H,1H3,(H,13,14). The fraction of sp³-hybridized carbons (Fsp3) is 0.100. The van der Waals surface area contributed by atoms with E-state index in [9.17, 15) is 4.79 Å². The number of carboxylic acid groups (broad SMARTS) is 1. The summed E-state index contributed by atoms with van der Waals surface area (Å²) in [6.45, 7) is 0. The smallest absolute Gasteiger partial charge is 0.494 e. The SMILES string of the molecule is COc1c(Br)cc2cc(OC(=O)O)oc2c1Br. The number of methoxy groups -OCH3 is 1. The van der Waals surface area contributed by atoms with Crippen molar-refractivity contribution in [2.24, 2.45) is 0 Å². The Labute approximate surface area is 113 Å². The normalized spacial score (nSPS) is 10.5. The molecule has 0 radical (unpaired) electrons. The van der Waals surface area contributed by atoms with Crippen LogP contribution in [0.15, 0.2) is 25.5 Å². The molecule has 0 spiro atoms. The molecule has 0 saturated heterocycles. The third-order valence-electron chi connectivity index (χ3n) is 2.03. The predicted molar refractivity (Wildman–Crippen MR) is 66.8 cm³/mol. The van der Waals surface area contributed by atoms with Gasteiger partial charge in [-0.2, -0.15) is 0 Å². The topological polar surface area (TPSA) is 68.9 Å². The maximum atomic E-state index is 10.4. The molecule has 1 heterocycles. The van der Waals surface area contributed by atoms with Gasteiger partial charge in [0.05, 0.1) is 11.6 Å². The zero-order valence-corrected chi connectivity index (χ0v) is 11.7. The Morgan fingerprint density at radius 1 is 1.41 bits per heavy atom. The number of fused-ring (bicyclic) bond motifs is 1. The van der Waals surface area contributed by atoms with Crippen molar-refractivity contribution in [2.45, 2.75) is 0 Å². The van der Waals surface area contributed by atoms with Gasteiger partial charge in [-0.05, 0) is 37.9 Å². The first kappa shape index (κ1) is 12.3. The summed E-state index contributed by atoms with van der Waals surface area (Å²) in [6.07, 6.45) is -1.42. The monoisotopic (exact) mass is 364 g/mol. The number of hydrogen-bond acceptors (Lipinski definition) is 4. The fourth-order valence-corrected chi connectivity index (χ4v) is 2.95. The number of rotatable bonds is 2. The summed E-state index contributed by atoms with van der Waals surface area (Å²) in [6, 6.07) is 3.23. The summed E-state index contributed by atoms with van der Waals surface area (Å²) in [5.41, 5.74) is 0.460. The van der Waals surface area contributed by atoms with Crippen LogP contribution in [0.5, 0.6) is 11.7 Å². The van der Waals surface area contributed by atoms with Crippen LogP contribution in [0.4, 0.5) is 4.79 Å². The van der Waals surface area contributed by atoms with Gasteiger partial charge in [0.1, 0.15) is 4.47 Å². The molecule has 5 nitrogen and oxygen atoms in total. The minimum atomic E-state index is -1.42. The Kier molecular flexibility index (Phi) is 3.30. The maximum absolute atomic E-state index is 10.4. The number of halogens is 2. The lowest BCUT2D eigenvalue weighted by Crippen LogP contribution is -2.01. The molecule has 2 aromatic rings. The molecular formula is C10H6Br2O5. The Morgan fingerprint density at radius 2 is 2.12 bits per heavy atom. The highest BCUT2D eigenvalue weighted by Crippen LogP contribution is 2.41. The van der Waals surface area contributed by atoms with Crippen molar-refractivity contribution in [3.63, 3.8) is 0 Å². The molecule has 0 saturated carbocycles. The van der Waals surface area contributed by atoms with Gasteiger partial charge in [0, 0.05) is 11.5 Å². The number of ether oxygens (including phenoxy) is 2. The summed E-state index contributed by atoms with van der Waals surface area (Å²) < 4.78 is 16.2. The van der Waals surface area contributed by atoms with Crippen LogP contribution in [0.25, 0.3) is 11.0 Å². The van der Waals surface area contributed by atoms with Crippen molar-refractivity contribution >= 4 is 49.0 Å². The van der Waals surface area contributed by atoms with E-state index in [1.54, 1.807) is 6.07 Å². The molecule has 0 aliphatic heterocycles. The third kappa shape index (κ3) is 2.25. The average molecular weight is 366 g/mol. The third-order valence-corrected chi connectivity index (χ3v) is 3.34. The van der Waals surface area contributed by atoms with Gasteiger partial charge in [-0.15, -0.1) is 0 Å². The number of benzene rings is 1. The van der Waals surface area contributed by atoms with E-state index in [0.717, 1.165) is 4.47 Å². The van der Waals surface area contributed by atoms with Gasteiger partial charge < -0.3 is 19.0 Å². The van der Waals surface area contributed by atoms with E-state index < -0.39 is 6.16 Å². The van der Waals surface area contributed by atoms with Gasteiger partial charge in [0.15, 0.2) is 11.3 Å². The van der Waals surface area contributed by atoms with Crippen LogP contribution in [-0.4, -0.2) is 18.4 Å². The van der Waals surface area contributed by atoms with Crippen molar-refractivity contribution in [3.05, 3.63) is 21.1 Å². The van der Waals surface area contributed by atoms with E-state index in [0.29, 0.717) is 21.2 Å². The zero-order valence-electron chi connectivity index (χ0n) is 8.49. The average Bonchev–Trinajstić information content (AvgIpc) is 2.60. The van der Waals surface area contributed by atoms with Crippen molar-refractivity contribution in [1.29, 1.82) is 0 Å². The number of furan rings is 1. The van der Waals surface area contributed by atoms with Crippen molar-refractivity contribution in [3.8, 4) is 11.7 Å². The second-order valence-electron chi connectivity index (χ2n) is 3.06. The first-order valence-electron chi connectivity index (χ1n) is 4.39. The minimum absolute atomic E-state index is 0.0895. The summed E-state index contributed by atoms with van der Waals surface area (Å²) in [5, 5.41) is 9.18. The molecule has 0 aliphatic carbocycles. The van der Waals surface area contributed by atoms with Gasteiger partial charge >= 0.3 is 6.16 Å². The van der Waals surface area contributed by atoms with Crippen LogP contribution >= 0.6 is 31.9 Å². The van der Waals surface area contributed by atoms with Gasteiger partial charge in [-0.3, -0.25) is 0 Å². The summed E-state index contributed by atoms with van der Waals surface area (Å²) >= 11 is 6.66. The van der Waals surface area contributed by atoms with Crippen LogP contribution in [-0.2, 0) is 0 Å². The molecule has 17 heavy (non-hydrogen) atoms. The maximum Gasteiger partial charge on any atom is 0.513 e. The molecule has 0 aliphatic rings. The minimum Gasteiger partial charge on any atom is -0.494 e. The fourth-order valence-electron chi connectivity index (χ4n) is 1.39. The first-order chi connectivity index (χ1) is 8.02. The van der Waals surface area contributed by atoms with E-state index >= 15 is 0 Å². The molecule has 7 heteroatoms. The van der Waals surface area contributed by atoms with Gasteiger partial charge in [0.25, 0.3) is 5.95 Å². The van der Waals surface area contributed by atoms with E-state index in [2.05, 4.69) is 36.6 Å². The van der Waals surface area contributed by atoms with Gasteiger partial charge in [-0.1, -0.05) is 0 Å². The second kappa shape index (κ2) is 4.58. The summed E-state index contributed by atoms with van der Waals surface area (Å²) in [5.74, 6) is 0.474. The lowest BCUT2D eigenvalue weighted by Gasteiger charge is -2.05. The Bertz CT molecular complexity index is 590. The first-order valence-corrected chi connectivity index (χ1v) is 5.98. The van der Waals surface area contributed by atoms with E-state index in [-0.39, 0.29) is 5.95 Å². The molecule has 0 fully saturated rings. The largest absolute Gasteiger partial charge is 0.513 e. The van der Waals surface area contributed by atoms with E-state index in [4.69, 9.17) is 14.3 Å². The molecule has 1 aromatic carbocycles. The molecule has 2 rings (SSSR count). The Hall–Kier alpha value is -1.21. The van der Waals surface area contributed by atoms with Crippen LogP contribution in [0.3, 0.4) is 0 Å². The van der Waals surface area contributed by atoms with Crippen LogP contribution < -0.4 is 9.47 Å². The highest BCUT2D eigenvalue weighted by atomic mass is 79.9. The number of hydrogen-bond donors (Lipinski definition) is 1. The highest BCUT2D eigenvalue weighted by molar-refractivity contribution is 9.11. The predicted octanol–water partition coefficient (Wildman–Crippen LogP) is 4.02. The Morgan fingerprint density at radius 3 is 2.71 bits per heavy atom. The van der Waals surface area contributed by atoms with Crippen LogP contribution in [0.1, 0.15) is 0 Å². The zero-order chi connectivity index (χ0) is 12.6. The van der Waals surface area contributed by atoms with Crippen LogP contribution in [0.2, 0.25) is 0 Å². The summed E-state index contributed by atoms with van der Waals surface area (Å²) in [4.78, 5) is 10.4. The lowest BCUT2D eigenvalue weighted by molar-refractivity contribution is 0.134. The van der Waals surface area contributed by atoms with E-state index in [1.165, 1.54) is 13.2 Å².